The van der Waals surface area contributed by atoms with Crippen LogP contribution < -0.4 is 0 Å². The molecule has 5 N–H and O–H groups in total. The van der Waals surface area contributed by atoms with Crippen molar-refractivity contribution in [2.45, 2.75) is 9.79 Å². The number of nitrogens with zero attached hydrogens (tertiary/aromatic N) is 7. The molecule has 0 aromatic heterocycles. The highest BCUT2D eigenvalue weighted by atomic mass is 32.3. The van der Waals surface area contributed by atoms with Gasteiger partial charge in [0.25, 0.3) is 15.8 Å². The first-order valence-electron chi connectivity index (χ1n) is 14.6. The van der Waals surface area contributed by atoms with Crippen molar-refractivity contribution in [2.24, 2.45) is 30.7 Å². The minimum atomic E-state index is -4.82. The molecule has 5 aromatic carbocycles. The van der Waals surface area contributed by atoms with Gasteiger partial charge in [-0.2, -0.15) is 21.9 Å². The number of phenols is 3. The Bertz CT molecular complexity index is 2720. The summed E-state index contributed by atoms with van der Waals surface area (Å²) in [7, 11) is -13.5. The molecule has 54 heavy (non-hydrogen) atoms. The zero-order valence-corrected chi connectivity index (χ0v) is 29.2. The molecular weight excluding hydrogens is 779 g/mol. The van der Waals surface area contributed by atoms with E-state index >= 15 is 0 Å². The first kappa shape index (κ1) is 38.9. The first-order valence-corrected chi connectivity index (χ1v) is 19.0. The molecule has 0 atom stereocenters. The summed E-state index contributed by atoms with van der Waals surface area (Å²) in [4.78, 5) is 9.51. The summed E-state index contributed by atoms with van der Waals surface area (Å²) in [5, 5.41) is 66.4. The van der Waals surface area contributed by atoms with Crippen molar-refractivity contribution in [3.05, 3.63) is 95.0 Å². The number of benzene rings is 5. The molecule has 0 bridgehead atoms. The summed E-state index contributed by atoms with van der Waals surface area (Å²) in [6, 6.07) is 16.3. The van der Waals surface area contributed by atoms with Crippen LogP contribution in [0.5, 0.6) is 17.2 Å². The minimum Gasteiger partial charge on any atom is -0.505 e. The predicted octanol–water partition coefficient (Wildman–Crippen LogP) is 6.95. The van der Waals surface area contributed by atoms with Crippen LogP contribution in [0.3, 0.4) is 0 Å². The van der Waals surface area contributed by atoms with Gasteiger partial charge in [0.2, 0.25) is 0 Å². The summed E-state index contributed by atoms with van der Waals surface area (Å²) in [5.74, 6) is -2.55. The lowest BCUT2D eigenvalue weighted by Gasteiger charge is -2.07. The van der Waals surface area contributed by atoms with Crippen LogP contribution in [0.15, 0.2) is 125 Å². The van der Waals surface area contributed by atoms with Gasteiger partial charge in [-0.3, -0.25) is 19.2 Å². The Morgan fingerprint density at radius 2 is 1.19 bits per heavy atom. The molecule has 0 fully saturated rings. The minimum absolute atomic E-state index is 0.0435. The smallest absolute Gasteiger partial charge is 0.397 e. The highest BCUT2D eigenvalue weighted by Gasteiger charge is 2.18. The number of hydrogen-bond acceptors (Lipinski definition) is 18. The third kappa shape index (κ3) is 9.37. The fourth-order valence-electron chi connectivity index (χ4n) is 4.49. The second kappa shape index (κ2) is 15.3. The van der Waals surface area contributed by atoms with Crippen LogP contribution in [0, 0.1) is 10.1 Å². The number of nitro benzene ring substituents is 1. The van der Waals surface area contributed by atoms with E-state index < -0.39 is 75.5 Å². The Labute approximate surface area is 304 Å². The van der Waals surface area contributed by atoms with E-state index in [0.717, 1.165) is 48.5 Å². The molecule has 5 rings (SSSR count). The average Bonchev–Trinajstić information content (AvgIpc) is 3.10. The van der Waals surface area contributed by atoms with E-state index in [1.165, 1.54) is 36.4 Å². The molecule has 0 saturated heterocycles. The maximum Gasteiger partial charge on any atom is 0.397 e. The molecule has 0 spiro atoms. The molecule has 0 amide bonds. The van der Waals surface area contributed by atoms with Gasteiger partial charge in [-0.05, 0) is 66.7 Å². The monoisotopic (exact) mass is 801 g/mol. The van der Waals surface area contributed by atoms with Gasteiger partial charge in [0.1, 0.15) is 22.9 Å². The van der Waals surface area contributed by atoms with E-state index in [2.05, 4.69) is 34.9 Å². The number of azo groups is 3. The third-order valence-corrected chi connectivity index (χ3v) is 10.1. The van der Waals surface area contributed by atoms with E-state index in [0.29, 0.717) is 0 Å². The second-order valence-electron chi connectivity index (χ2n) is 10.7. The van der Waals surface area contributed by atoms with Crippen molar-refractivity contribution in [1.29, 1.82) is 0 Å². The predicted molar refractivity (Wildman–Crippen MR) is 187 cm³/mol. The quantitative estimate of drug-likeness (QED) is 0.0348. The van der Waals surface area contributed by atoms with Crippen LogP contribution in [-0.2, 0) is 34.5 Å². The van der Waals surface area contributed by atoms with E-state index in [-0.39, 0.29) is 49.8 Å². The standard InChI is InChI=1S/C30H23N7O14S3/c38-27-12-11-26(35-31-17-1-4-19(5-2-17)52(43,44)14-13-51-54(48,49)50)30(40)29(27)36-33-24-10-9-23(21-7-6-20(16-22(21)24)53(45,46)47)32-34-25-8-3-18(37(41)42)15-28(25)39/h1-12,15-16,38-40H,13-14H2,(H,45,46,47)(H,48,49,50)/b34-32+,35-31-,36-33+. The van der Waals surface area contributed by atoms with E-state index in [1.54, 1.807) is 0 Å². The maximum atomic E-state index is 12.4. The number of sulfone groups is 1. The molecule has 280 valence electrons. The molecular formula is C30H23N7O14S3. The van der Waals surface area contributed by atoms with Gasteiger partial charge in [0, 0.05) is 16.8 Å². The molecule has 0 heterocycles. The van der Waals surface area contributed by atoms with Gasteiger partial charge >= 0.3 is 10.4 Å². The zero-order valence-electron chi connectivity index (χ0n) is 26.8. The fourth-order valence-corrected chi connectivity index (χ4v) is 6.48. The van der Waals surface area contributed by atoms with Crippen LogP contribution in [0.4, 0.5) is 39.8 Å². The number of nitro groups is 1. The lowest BCUT2D eigenvalue weighted by molar-refractivity contribution is -0.384. The average molecular weight is 802 g/mol. The molecule has 0 saturated carbocycles. The van der Waals surface area contributed by atoms with Crippen molar-refractivity contribution < 1.29 is 58.8 Å². The SMILES string of the molecule is O=[N+]([O-])c1ccc(/N=N/c2ccc(/N=N/c3c(O)ccc(/N=N\c4ccc(S(=O)(=O)CCOS(=O)(=O)O)cc4)c3O)c3cc(S(=O)(=O)O)ccc23)c(O)c1. The van der Waals surface area contributed by atoms with Gasteiger partial charge in [0.05, 0.1) is 50.2 Å². The van der Waals surface area contributed by atoms with Crippen LogP contribution >= 0.6 is 0 Å². The Balaban J connectivity index is 1.44. The summed E-state index contributed by atoms with van der Waals surface area (Å²) < 4.78 is 92.3. The number of fused-ring (bicyclic) bond motifs is 1. The number of aromatic hydroxyl groups is 3. The van der Waals surface area contributed by atoms with Crippen molar-refractivity contribution in [2.75, 3.05) is 12.4 Å². The molecule has 0 aliphatic carbocycles. The molecule has 24 heteroatoms. The summed E-state index contributed by atoms with van der Waals surface area (Å²) >= 11 is 0. The van der Waals surface area contributed by atoms with Crippen molar-refractivity contribution in [3.63, 3.8) is 0 Å². The zero-order chi connectivity index (χ0) is 39.4. The van der Waals surface area contributed by atoms with Crippen LogP contribution in [0.25, 0.3) is 10.8 Å². The van der Waals surface area contributed by atoms with E-state index in [4.69, 9.17) is 4.55 Å². The highest BCUT2D eigenvalue weighted by molar-refractivity contribution is 7.91. The molecule has 21 nitrogen and oxygen atoms in total. The first-order chi connectivity index (χ1) is 25.3. The molecule has 0 aliphatic heterocycles. The van der Waals surface area contributed by atoms with Gasteiger partial charge in [-0.25, -0.2) is 12.6 Å². The Kier molecular flexibility index (Phi) is 11.1. The van der Waals surface area contributed by atoms with Crippen molar-refractivity contribution in [3.8, 4) is 17.2 Å². The van der Waals surface area contributed by atoms with Crippen LogP contribution in [0.1, 0.15) is 0 Å². The Morgan fingerprint density at radius 3 is 1.81 bits per heavy atom. The number of phenolic OH excluding ortho intramolecular Hbond substituents is 3. The summed E-state index contributed by atoms with van der Waals surface area (Å²) in [6.07, 6.45) is 0. The Hall–Kier alpha value is -6.31. The maximum absolute atomic E-state index is 12.4. The highest BCUT2D eigenvalue weighted by Crippen LogP contribution is 2.45. The summed E-state index contributed by atoms with van der Waals surface area (Å²) in [5.41, 5.74) is -1.04. The van der Waals surface area contributed by atoms with E-state index in [1.807, 2.05) is 0 Å². The number of rotatable bonds is 13. The molecule has 5 aromatic rings. The van der Waals surface area contributed by atoms with Crippen LogP contribution in [0.2, 0.25) is 0 Å². The Morgan fingerprint density at radius 1 is 0.611 bits per heavy atom. The largest absolute Gasteiger partial charge is 0.505 e. The van der Waals surface area contributed by atoms with Gasteiger partial charge in [0.15, 0.2) is 21.3 Å². The van der Waals surface area contributed by atoms with E-state index in [9.17, 15) is 55.2 Å². The molecule has 0 unspecified atom stereocenters. The van der Waals surface area contributed by atoms with Crippen molar-refractivity contribution >= 4 is 80.9 Å². The van der Waals surface area contributed by atoms with Crippen LogP contribution in [-0.4, -0.2) is 67.0 Å². The number of hydrogen-bond donors (Lipinski definition) is 5. The lowest BCUT2D eigenvalue weighted by Crippen LogP contribution is -2.15. The molecule has 0 radical (unpaired) electrons. The molecule has 0 aliphatic rings. The van der Waals surface area contributed by atoms with Gasteiger partial charge in [-0.1, -0.05) is 6.07 Å². The lowest BCUT2D eigenvalue weighted by atomic mass is 10.1. The second-order valence-corrected chi connectivity index (χ2v) is 15.3. The normalized spacial score (nSPS) is 12.7. The fraction of sp³-hybridized carbons (Fsp3) is 0.0667. The van der Waals surface area contributed by atoms with Gasteiger partial charge in [-0.15, -0.1) is 25.6 Å². The summed E-state index contributed by atoms with van der Waals surface area (Å²) in [6.45, 7) is -0.820. The number of non-ortho nitro benzene ring substituents is 1. The van der Waals surface area contributed by atoms with Gasteiger partial charge < -0.3 is 15.3 Å². The topological polar surface area (TPSA) is 330 Å². The van der Waals surface area contributed by atoms with Crippen molar-refractivity contribution in [1.82, 2.24) is 0 Å². The third-order valence-electron chi connectivity index (χ3n) is 7.09.